The summed E-state index contributed by atoms with van der Waals surface area (Å²) in [4.78, 5) is 15.0. The van der Waals surface area contributed by atoms with Crippen LogP contribution in [0.4, 0.5) is 0 Å². The standard InChI is InChI=1S/C17H25N5O/c23-17(12-4-5-20-21-10-12)19-11-16-14-7-13(8-18-9-14)15-3-1-2-6-22(15)16/h4-5,10,13-16,18H,1-3,6-9,11H2,(H,19,23)/t13-,14+,15+,16+/m1/s1. The molecule has 4 rings (SSSR count). The molecule has 0 unspecified atom stereocenters. The predicted molar refractivity (Wildman–Crippen MR) is 87.0 cm³/mol. The van der Waals surface area contributed by atoms with Crippen LogP contribution in [0.25, 0.3) is 0 Å². The van der Waals surface area contributed by atoms with Crippen LogP contribution in [0.3, 0.4) is 0 Å². The zero-order chi connectivity index (χ0) is 15.6. The lowest BCUT2D eigenvalue weighted by atomic mass is 9.73. The van der Waals surface area contributed by atoms with Crippen LogP contribution in [0.2, 0.25) is 0 Å². The summed E-state index contributed by atoms with van der Waals surface area (Å²) in [6.45, 7) is 4.17. The number of aromatic nitrogens is 2. The Balaban J connectivity index is 1.45. The van der Waals surface area contributed by atoms with E-state index in [1.54, 1.807) is 12.3 Å². The van der Waals surface area contributed by atoms with Gasteiger partial charge in [0, 0.05) is 18.6 Å². The van der Waals surface area contributed by atoms with Crippen LogP contribution in [-0.2, 0) is 0 Å². The Bertz CT molecular complexity index is 551. The lowest BCUT2D eigenvalue weighted by Crippen LogP contribution is -2.65. The summed E-state index contributed by atoms with van der Waals surface area (Å²) in [6, 6.07) is 2.88. The van der Waals surface area contributed by atoms with Gasteiger partial charge in [-0.25, -0.2) is 0 Å². The molecule has 2 N–H and O–H groups in total. The molecule has 0 spiro atoms. The monoisotopic (exact) mass is 315 g/mol. The average molecular weight is 315 g/mol. The first kappa shape index (κ1) is 15.0. The van der Waals surface area contributed by atoms with Gasteiger partial charge in [0.25, 0.3) is 5.91 Å². The van der Waals surface area contributed by atoms with Crippen LogP contribution in [0.1, 0.15) is 36.0 Å². The number of rotatable bonds is 3. The fraction of sp³-hybridized carbons (Fsp3) is 0.706. The highest BCUT2D eigenvalue weighted by atomic mass is 16.1. The molecule has 0 aliphatic carbocycles. The summed E-state index contributed by atoms with van der Waals surface area (Å²) in [7, 11) is 0. The number of carbonyl (C=O) groups is 1. The molecule has 4 atom stereocenters. The highest BCUT2D eigenvalue weighted by Gasteiger charge is 2.45. The quantitative estimate of drug-likeness (QED) is 0.858. The van der Waals surface area contributed by atoms with Crippen LogP contribution in [0.5, 0.6) is 0 Å². The molecule has 1 aromatic heterocycles. The minimum absolute atomic E-state index is 0.0423. The third-order valence-corrected chi connectivity index (χ3v) is 5.84. The second kappa shape index (κ2) is 6.53. The van der Waals surface area contributed by atoms with Crippen molar-refractivity contribution in [1.29, 1.82) is 0 Å². The van der Waals surface area contributed by atoms with Gasteiger partial charge in [-0.1, -0.05) is 6.42 Å². The van der Waals surface area contributed by atoms with E-state index >= 15 is 0 Å². The largest absolute Gasteiger partial charge is 0.350 e. The second-order valence-electron chi connectivity index (χ2n) is 7.12. The van der Waals surface area contributed by atoms with Gasteiger partial charge in [-0.2, -0.15) is 10.2 Å². The van der Waals surface area contributed by atoms with Crippen molar-refractivity contribution in [1.82, 2.24) is 25.7 Å². The summed E-state index contributed by atoms with van der Waals surface area (Å²) in [5, 5.41) is 14.3. The highest BCUT2D eigenvalue weighted by Crippen LogP contribution is 2.38. The van der Waals surface area contributed by atoms with Crippen molar-refractivity contribution < 1.29 is 4.79 Å². The maximum atomic E-state index is 12.3. The number of hydrogen-bond donors (Lipinski definition) is 2. The maximum absolute atomic E-state index is 12.3. The molecule has 23 heavy (non-hydrogen) atoms. The Hall–Kier alpha value is -1.53. The van der Waals surface area contributed by atoms with Crippen LogP contribution < -0.4 is 10.6 Å². The van der Waals surface area contributed by atoms with Gasteiger partial charge in [-0.15, -0.1) is 0 Å². The fourth-order valence-corrected chi connectivity index (χ4v) is 4.77. The molecule has 2 bridgehead atoms. The topological polar surface area (TPSA) is 70.2 Å². The van der Waals surface area contributed by atoms with E-state index in [-0.39, 0.29) is 5.91 Å². The zero-order valence-electron chi connectivity index (χ0n) is 13.4. The molecule has 6 nitrogen and oxygen atoms in total. The van der Waals surface area contributed by atoms with E-state index in [9.17, 15) is 4.79 Å². The molecule has 0 saturated carbocycles. The van der Waals surface area contributed by atoms with Gasteiger partial charge in [-0.3, -0.25) is 9.69 Å². The van der Waals surface area contributed by atoms with E-state index in [0.29, 0.717) is 23.6 Å². The first-order chi connectivity index (χ1) is 11.3. The Kier molecular flexibility index (Phi) is 4.27. The molecule has 1 amide bonds. The molecule has 0 aromatic carbocycles. The normalized spacial score (nSPS) is 33.7. The van der Waals surface area contributed by atoms with Gasteiger partial charge in [-0.05, 0) is 56.8 Å². The van der Waals surface area contributed by atoms with Gasteiger partial charge in [0.2, 0.25) is 0 Å². The van der Waals surface area contributed by atoms with Crippen molar-refractivity contribution in [2.75, 3.05) is 26.2 Å². The molecule has 3 fully saturated rings. The Morgan fingerprint density at radius 2 is 2.22 bits per heavy atom. The van der Waals surface area contributed by atoms with Crippen molar-refractivity contribution in [3.05, 3.63) is 24.0 Å². The minimum atomic E-state index is -0.0423. The fourth-order valence-electron chi connectivity index (χ4n) is 4.77. The van der Waals surface area contributed by atoms with E-state index in [1.807, 2.05) is 0 Å². The van der Waals surface area contributed by atoms with Gasteiger partial charge in [0.1, 0.15) is 0 Å². The minimum Gasteiger partial charge on any atom is -0.350 e. The van der Waals surface area contributed by atoms with Crippen molar-refractivity contribution in [3.63, 3.8) is 0 Å². The van der Waals surface area contributed by atoms with Crippen molar-refractivity contribution in [2.24, 2.45) is 11.8 Å². The second-order valence-corrected chi connectivity index (χ2v) is 7.12. The van der Waals surface area contributed by atoms with Crippen LogP contribution in [-0.4, -0.2) is 59.3 Å². The molecule has 1 aromatic rings. The first-order valence-corrected chi connectivity index (χ1v) is 8.84. The molecular weight excluding hydrogens is 290 g/mol. The summed E-state index contributed by atoms with van der Waals surface area (Å²) in [5.74, 6) is 1.41. The Morgan fingerprint density at radius 1 is 1.30 bits per heavy atom. The predicted octanol–water partition coefficient (Wildman–Crippen LogP) is 0.669. The Morgan fingerprint density at radius 3 is 3.09 bits per heavy atom. The third kappa shape index (κ3) is 2.97. The van der Waals surface area contributed by atoms with E-state index < -0.39 is 0 Å². The molecule has 6 heteroatoms. The van der Waals surface area contributed by atoms with Crippen molar-refractivity contribution >= 4 is 5.91 Å². The van der Waals surface area contributed by atoms with Crippen molar-refractivity contribution in [3.8, 4) is 0 Å². The summed E-state index contributed by atoms with van der Waals surface area (Å²) in [5.41, 5.74) is 0.589. The number of nitrogens with zero attached hydrogens (tertiary/aromatic N) is 3. The van der Waals surface area contributed by atoms with Gasteiger partial charge < -0.3 is 10.6 Å². The van der Waals surface area contributed by atoms with Gasteiger partial charge >= 0.3 is 0 Å². The SMILES string of the molecule is O=C(NC[C@H]1[C@@H]2CNC[C@@H](C2)[C@@H]2CCCCN21)c1ccnnc1. The molecule has 3 aliphatic rings. The molecular formula is C17H25N5O. The highest BCUT2D eigenvalue weighted by molar-refractivity contribution is 5.93. The third-order valence-electron chi connectivity index (χ3n) is 5.84. The number of piperidine rings is 3. The maximum Gasteiger partial charge on any atom is 0.253 e. The summed E-state index contributed by atoms with van der Waals surface area (Å²) >= 11 is 0. The molecule has 124 valence electrons. The van der Waals surface area contributed by atoms with Gasteiger partial charge in [0.05, 0.1) is 18.0 Å². The number of nitrogens with one attached hydrogen (secondary N) is 2. The smallest absolute Gasteiger partial charge is 0.253 e. The van der Waals surface area contributed by atoms with E-state index in [4.69, 9.17) is 0 Å². The number of fused-ring (bicyclic) bond motifs is 4. The summed E-state index contributed by atoms with van der Waals surface area (Å²) in [6.07, 6.45) is 8.36. The summed E-state index contributed by atoms with van der Waals surface area (Å²) < 4.78 is 0. The molecule has 0 radical (unpaired) electrons. The van der Waals surface area contributed by atoms with Crippen LogP contribution in [0.15, 0.2) is 18.5 Å². The van der Waals surface area contributed by atoms with E-state index in [0.717, 1.165) is 19.0 Å². The molecule has 4 heterocycles. The zero-order valence-corrected chi connectivity index (χ0v) is 13.4. The lowest BCUT2D eigenvalue weighted by molar-refractivity contribution is -0.0371. The molecule has 3 saturated heterocycles. The van der Waals surface area contributed by atoms with Gasteiger partial charge in [0.15, 0.2) is 0 Å². The number of carbonyl (C=O) groups excluding carboxylic acids is 1. The van der Waals surface area contributed by atoms with Crippen molar-refractivity contribution in [2.45, 2.75) is 37.8 Å². The van der Waals surface area contributed by atoms with Crippen LogP contribution in [0, 0.1) is 11.8 Å². The number of hydrogen-bond acceptors (Lipinski definition) is 5. The van der Waals surface area contributed by atoms with E-state index in [2.05, 4.69) is 25.7 Å². The van der Waals surface area contributed by atoms with Crippen LogP contribution >= 0.6 is 0 Å². The number of amides is 1. The Labute approximate surface area is 137 Å². The average Bonchev–Trinajstić information content (AvgIpc) is 2.62. The molecule has 3 aliphatic heterocycles. The van der Waals surface area contributed by atoms with E-state index in [1.165, 1.54) is 45.0 Å². The first-order valence-electron chi connectivity index (χ1n) is 8.84. The lowest BCUT2D eigenvalue weighted by Gasteiger charge is -2.55.